The van der Waals surface area contributed by atoms with Crippen molar-refractivity contribution in [2.24, 2.45) is 5.92 Å². The summed E-state index contributed by atoms with van der Waals surface area (Å²) < 4.78 is 0. The van der Waals surface area contributed by atoms with Crippen LogP contribution in [-0.4, -0.2) is 62.2 Å². The van der Waals surface area contributed by atoms with E-state index < -0.39 is 0 Å². The molecule has 2 rings (SSSR count). The first-order chi connectivity index (χ1) is 8.52. The summed E-state index contributed by atoms with van der Waals surface area (Å²) in [4.78, 5) is 5.00. The Bertz CT molecular complexity index is 260. The van der Waals surface area contributed by atoms with Crippen molar-refractivity contribution in [1.82, 2.24) is 15.1 Å². The predicted octanol–water partition coefficient (Wildman–Crippen LogP) is 1.79. The second-order valence-electron chi connectivity index (χ2n) is 6.95. The molecule has 106 valence electrons. The molecule has 0 amide bonds. The second kappa shape index (κ2) is 5.89. The first kappa shape index (κ1) is 14.3. The van der Waals surface area contributed by atoms with Crippen LogP contribution in [-0.2, 0) is 0 Å². The van der Waals surface area contributed by atoms with Crippen molar-refractivity contribution in [2.45, 2.75) is 50.6 Å². The van der Waals surface area contributed by atoms with E-state index in [2.05, 4.69) is 43.2 Å². The van der Waals surface area contributed by atoms with E-state index in [1.807, 2.05) is 0 Å². The van der Waals surface area contributed by atoms with E-state index in [0.29, 0.717) is 11.6 Å². The average molecular weight is 253 g/mol. The zero-order valence-corrected chi connectivity index (χ0v) is 12.7. The molecular formula is C15H31N3. The Morgan fingerprint density at radius 1 is 1.22 bits per heavy atom. The lowest BCUT2D eigenvalue weighted by atomic mass is 9.75. The standard InChI is InChI=1S/C15H31N3/c1-13-6-9-16-14(10-13)11-18(4)12-15(17(2)3)7-5-8-15/h13-14,16H,5-12H2,1-4H3. The van der Waals surface area contributed by atoms with Gasteiger partial charge in [-0.25, -0.2) is 0 Å². The van der Waals surface area contributed by atoms with Crippen LogP contribution in [0.3, 0.4) is 0 Å². The van der Waals surface area contributed by atoms with E-state index in [4.69, 9.17) is 0 Å². The number of hydrogen-bond acceptors (Lipinski definition) is 3. The lowest BCUT2D eigenvalue weighted by molar-refractivity contribution is 0.0243. The summed E-state index contributed by atoms with van der Waals surface area (Å²) in [7, 11) is 6.78. The van der Waals surface area contributed by atoms with Crippen LogP contribution < -0.4 is 5.32 Å². The van der Waals surface area contributed by atoms with Crippen LogP contribution in [0.2, 0.25) is 0 Å². The fourth-order valence-corrected chi connectivity index (χ4v) is 3.63. The number of piperidine rings is 1. The molecule has 0 aromatic carbocycles. The summed E-state index contributed by atoms with van der Waals surface area (Å²) >= 11 is 0. The summed E-state index contributed by atoms with van der Waals surface area (Å²) in [6.45, 7) is 6.03. The maximum Gasteiger partial charge on any atom is 0.0330 e. The van der Waals surface area contributed by atoms with Crippen LogP contribution in [0.4, 0.5) is 0 Å². The highest BCUT2D eigenvalue weighted by atomic mass is 15.2. The van der Waals surface area contributed by atoms with Gasteiger partial charge in [-0.05, 0) is 65.7 Å². The third-order valence-electron chi connectivity index (χ3n) is 5.09. The van der Waals surface area contributed by atoms with Gasteiger partial charge in [0, 0.05) is 24.7 Å². The minimum atomic E-state index is 0.467. The molecule has 0 bridgehead atoms. The Labute approximate surface area is 113 Å². The third-order valence-corrected chi connectivity index (χ3v) is 5.09. The average Bonchev–Trinajstić information content (AvgIpc) is 2.23. The van der Waals surface area contributed by atoms with Gasteiger partial charge in [-0.15, -0.1) is 0 Å². The quantitative estimate of drug-likeness (QED) is 0.806. The van der Waals surface area contributed by atoms with Crippen LogP contribution in [0, 0.1) is 5.92 Å². The molecule has 1 aliphatic heterocycles. The molecule has 18 heavy (non-hydrogen) atoms. The van der Waals surface area contributed by atoms with Crippen LogP contribution >= 0.6 is 0 Å². The van der Waals surface area contributed by atoms with E-state index in [0.717, 1.165) is 5.92 Å². The monoisotopic (exact) mass is 253 g/mol. The van der Waals surface area contributed by atoms with Crippen molar-refractivity contribution in [1.29, 1.82) is 0 Å². The Morgan fingerprint density at radius 3 is 2.44 bits per heavy atom. The Kier molecular flexibility index (Phi) is 4.68. The van der Waals surface area contributed by atoms with Gasteiger partial charge >= 0.3 is 0 Å². The molecule has 2 atom stereocenters. The van der Waals surface area contributed by atoms with E-state index in [-0.39, 0.29) is 0 Å². The number of rotatable bonds is 5. The molecule has 2 unspecified atom stereocenters. The van der Waals surface area contributed by atoms with Gasteiger partial charge in [-0.1, -0.05) is 6.92 Å². The zero-order chi connectivity index (χ0) is 13.2. The highest BCUT2D eigenvalue weighted by Crippen LogP contribution is 2.36. The van der Waals surface area contributed by atoms with Crippen LogP contribution in [0.25, 0.3) is 0 Å². The molecule has 0 radical (unpaired) electrons. The van der Waals surface area contributed by atoms with Gasteiger partial charge in [0.1, 0.15) is 0 Å². The molecule has 3 heteroatoms. The van der Waals surface area contributed by atoms with Crippen molar-refractivity contribution >= 4 is 0 Å². The normalized spacial score (nSPS) is 31.7. The van der Waals surface area contributed by atoms with Crippen molar-refractivity contribution in [3.63, 3.8) is 0 Å². The first-order valence-electron chi connectivity index (χ1n) is 7.61. The summed E-state index contributed by atoms with van der Waals surface area (Å²) in [5.41, 5.74) is 0.467. The van der Waals surface area contributed by atoms with Crippen molar-refractivity contribution in [2.75, 3.05) is 40.8 Å². The summed E-state index contributed by atoms with van der Waals surface area (Å²) in [6, 6.07) is 0.707. The third kappa shape index (κ3) is 3.25. The van der Waals surface area contributed by atoms with E-state index in [9.17, 15) is 0 Å². The van der Waals surface area contributed by atoms with Gasteiger partial charge in [0.05, 0.1) is 0 Å². The fourth-order valence-electron chi connectivity index (χ4n) is 3.63. The fraction of sp³-hybridized carbons (Fsp3) is 1.00. The minimum absolute atomic E-state index is 0.467. The highest BCUT2D eigenvalue weighted by molar-refractivity contribution is 4.98. The Hall–Kier alpha value is -0.120. The summed E-state index contributed by atoms with van der Waals surface area (Å²) in [5.74, 6) is 0.899. The van der Waals surface area contributed by atoms with Crippen LogP contribution in [0.15, 0.2) is 0 Å². The zero-order valence-electron chi connectivity index (χ0n) is 12.7. The molecule has 0 aromatic rings. The van der Waals surface area contributed by atoms with Crippen molar-refractivity contribution in [3.8, 4) is 0 Å². The number of hydrogen-bond donors (Lipinski definition) is 1. The van der Waals surface area contributed by atoms with E-state index in [1.54, 1.807) is 0 Å². The first-order valence-corrected chi connectivity index (χ1v) is 7.61. The van der Waals surface area contributed by atoms with Crippen LogP contribution in [0.1, 0.15) is 39.0 Å². The largest absolute Gasteiger partial charge is 0.313 e. The predicted molar refractivity (Wildman–Crippen MR) is 78.0 cm³/mol. The molecule has 2 aliphatic rings. The minimum Gasteiger partial charge on any atom is -0.313 e. The summed E-state index contributed by atoms with van der Waals surface area (Å²) in [6.07, 6.45) is 6.85. The highest BCUT2D eigenvalue weighted by Gasteiger charge is 2.40. The molecule has 1 saturated carbocycles. The molecular weight excluding hydrogens is 222 g/mol. The SMILES string of the molecule is CC1CCNC(CN(C)CC2(N(C)C)CCC2)C1. The Morgan fingerprint density at radius 2 is 1.94 bits per heavy atom. The smallest absolute Gasteiger partial charge is 0.0330 e. The van der Waals surface area contributed by atoms with Gasteiger partial charge in [0.15, 0.2) is 0 Å². The van der Waals surface area contributed by atoms with Gasteiger partial charge in [0.2, 0.25) is 0 Å². The van der Waals surface area contributed by atoms with Gasteiger partial charge in [-0.2, -0.15) is 0 Å². The molecule has 2 fully saturated rings. The maximum atomic E-state index is 3.68. The number of nitrogens with zero attached hydrogens (tertiary/aromatic N) is 2. The van der Waals surface area contributed by atoms with Crippen LogP contribution in [0.5, 0.6) is 0 Å². The van der Waals surface area contributed by atoms with Gasteiger partial charge < -0.3 is 15.1 Å². The molecule has 1 saturated heterocycles. The molecule has 1 heterocycles. The topological polar surface area (TPSA) is 18.5 Å². The Balaban J connectivity index is 1.79. The molecule has 3 nitrogen and oxygen atoms in total. The second-order valence-corrected chi connectivity index (χ2v) is 6.95. The lowest BCUT2D eigenvalue weighted by Crippen LogP contribution is -2.58. The molecule has 0 aromatic heterocycles. The number of likely N-dealkylation sites (N-methyl/N-ethyl adjacent to an activating group) is 2. The van der Waals surface area contributed by atoms with Crippen molar-refractivity contribution < 1.29 is 0 Å². The van der Waals surface area contributed by atoms with E-state index >= 15 is 0 Å². The number of nitrogens with one attached hydrogen (secondary N) is 1. The molecule has 1 N–H and O–H groups in total. The van der Waals surface area contributed by atoms with E-state index in [1.165, 1.54) is 51.7 Å². The molecule has 0 spiro atoms. The maximum absolute atomic E-state index is 3.68. The van der Waals surface area contributed by atoms with Crippen molar-refractivity contribution in [3.05, 3.63) is 0 Å². The van der Waals surface area contributed by atoms with Gasteiger partial charge in [0.25, 0.3) is 0 Å². The lowest BCUT2D eigenvalue weighted by Gasteiger charge is -2.49. The summed E-state index contributed by atoms with van der Waals surface area (Å²) in [5, 5.41) is 3.68. The van der Waals surface area contributed by atoms with Gasteiger partial charge in [-0.3, -0.25) is 0 Å². The molecule has 1 aliphatic carbocycles.